The van der Waals surface area contributed by atoms with Crippen molar-refractivity contribution in [3.05, 3.63) is 70.8 Å². The summed E-state index contributed by atoms with van der Waals surface area (Å²) >= 11 is 0. The lowest BCUT2D eigenvalue weighted by Crippen LogP contribution is -2.25. The first-order chi connectivity index (χ1) is 17.3. The van der Waals surface area contributed by atoms with E-state index in [4.69, 9.17) is 0 Å². The quantitative estimate of drug-likeness (QED) is 0.335. The molecular formula is C32H44O4. The van der Waals surface area contributed by atoms with Gasteiger partial charge < -0.3 is 9.90 Å². The van der Waals surface area contributed by atoms with Gasteiger partial charge in [0.05, 0.1) is 6.10 Å². The summed E-state index contributed by atoms with van der Waals surface area (Å²) in [6.45, 7) is 5.47. The Labute approximate surface area is 217 Å². The maximum Gasteiger partial charge on any atom is 0.165 e. The molecule has 36 heavy (non-hydrogen) atoms. The molecule has 0 spiro atoms. The summed E-state index contributed by atoms with van der Waals surface area (Å²) in [5.74, 6) is 0.944. The molecule has 0 radical (unpaired) electrons. The number of Topliss-reactive ketones (excluding diaryl/α,β-unsaturated/α-hetero) is 2. The van der Waals surface area contributed by atoms with Crippen LogP contribution in [-0.4, -0.2) is 29.1 Å². The van der Waals surface area contributed by atoms with E-state index in [1.165, 1.54) is 38.5 Å². The Morgan fingerprint density at radius 1 is 0.806 bits per heavy atom. The van der Waals surface area contributed by atoms with Crippen molar-refractivity contribution in [2.24, 2.45) is 11.8 Å². The highest BCUT2D eigenvalue weighted by atomic mass is 16.3. The molecule has 1 N–H and O–H groups in total. The minimum Gasteiger partial charge on any atom is -0.392 e. The zero-order chi connectivity index (χ0) is 26.3. The van der Waals surface area contributed by atoms with Gasteiger partial charge in [0.15, 0.2) is 11.6 Å². The second-order valence-electron chi connectivity index (χ2n) is 10.3. The molecule has 0 aromatic heterocycles. The first kappa shape index (κ1) is 29.6. The number of aryl methyl sites for hydroxylation is 2. The fourth-order valence-corrected chi connectivity index (χ4v) is 5.11. The number of aldehydes is 1. The van der Waals surface area contributed by atoms with Gasteiger partial charge in [-0.25, -0.2) is 0 Å². The predicted octanol–water partition coefficient (Wildman–Crippen LogP) is 7.47. The average molecular weight is 493 g/mol. The van der Waals surface area contributed by atoms with Gasteiger partial charge in [0, 0.05) is 23.5 Å². The van der Waals surface area contributed by atoms with Crippen molar-refractivity contribution in [3.8, 4) is 0 Å². The third-order valence-corrected chi connectivity index (χ3v) is 7.40. The molecule has 0 saturated heterocycles. The number of benzene rings is 2. The predicted molar refractivity (Wildman–Crippen MR) is 147 cm³/mol. The fourth-order valence-electron chi connectivity index (χ4n) is 5.11. The van der Waals surface area contributed by atoms with Crippen LogP contribution in [0.2, 0.25) is 0 Å². The van der Waals surface area contributed by atoms with Crippen LogP contribution < -0.4 is 0 Å². The van der Waals surface area contributed by atoms with Crippen molar-refractivity contribution in [2.45, 2.75) is 97.5 Å². The molecule has 1 unspecified atom stereocenters. The van der Waals surface area contributed by atoms with Crippen LogP contribution in [0.1, 0.15) is 109 Å². The SMILES string of the molecule is CC(=O)c1ccccc1C.Cc1ccccc1C(=O)CC(O)C1CCCCC1.O=CC1CCCCC1. The smallest absolute Gasteiger partial charge is 0.165 e. The van der Waals surface area contributed by atoms with Crippen LogP contribution in [0, 0.1) is 25.7 Å². The minimum absolute atomic E-state index is 0.0752. The van der Waals surface area contributed by atoms with Gasteiger partial charge in [-0.3, -0.25) is 9.59 Å². The Hall–Kier alpha value is -2.59. The Morgan fingerprint density at radius 2 is 1.28 bits per heavy atom. The summed E-state index contributed by atoms with van der Waals surface area (Å²) in [6.07, 6.45) is 12.9. The molecule has 4 nitrogen and oxygen atoms in total. The number of carbonyl (C=O) groups excluding carboxylic acids is 3. The van der Waals surface area contributed by atoms with Crippen LogP contribution >= 0.6 is 0 Å². The van der Waals surface area contributed by atoms with Crippen LogP contribution in [0.25, 0.3) is 0 Å². The number of carbonyl (C=O) groups is 3. The van der Waals surface area contributed by atoms with Gasteiger partial charge in [-0.05, 0) is 63.5 Å². The maximum absolute atomic E-state index is 12.2. The van der Waals surface area contributed by atoms with E-state index in [2.05, 4.69) is 0 Å². The van der Waals surface area contributed by atoms with E-state index >= 15 is 0 Å². The molecule has 0 amide bonds. The van der Waals surface area contributed by atoms with Crippen LogP contribution in [0.5, 0.6) is 0 Å². The van der Waals surface area contributed by atoms with Crippen molar-refractivity contribution >= 4 is 17.9 Å². The van der Waals surface area contributed by atoms with E-state index in [1.807, 2.05) is 62.4 Å². The van der Waals surface area contributed by atoms with Crippen LogP contribution in [-0.2, 0) is 4.79 Å². The zero-order valence-corrected chi connectivity index (χ0v) is 22.4. The monoisotopic (exact) mass is 492 g/mol. The van der Waals surface area contributed by atoms with Gasteiger partial charge in [-0.1, -0.05) is 87.1 Å². The van der Waals surface area contributed by atoms with Crippen LogP contribution in [0.3, 0.4) is 0 Å². The lowest BCUT2D eigenvalue weighted by Gasteiger charge is -2.26. The number of hydrogen-bond acceptors (Lipinski definition) is 4. The van der Waals surface area contributed by atoms with Gasteiger partial charge in [-0.15, -0.1) is 0 Å². The second kappa shape index (κ2) is 16.2. The minimum atomic E-state index is -0.461. The molecule has 1 atom stereocenters. The largest absolute Gasteiger partial charge is 0.392 e. The summed E-state index contributed by atoms with van der Waals surface area (Å²) in [6, 6.07) is 15.2. The lowest BCUT2D eigenvalue weighted by molar-refractivity contribution is -0.111. The molecule has 0 heterocycles. The van der Waals surface area contributed by atoms with Gasteiger partial charge >= 0.3 is 0 Å². The zero-order valence-electron chi connectivity index (χ0n) is 22.4. The Bertz CT molecular complexity index is 952. The van der Waals surface area contributed by atoms with E-state index < -0.39 is 6.10 Å². The Morgan fingerprint density at radius 3 is 1.69 bits per heavy atom. The molecule has 2 aromatic rings. The Balaban J connectivity index is 0.000000213. The van der Waals surface area contributed by atoms with Gasteiger partial charge in [0.2, 0.25) is 0 Å². The standard InChI is InChI=1S/C16H22O2.C9H10O.C7H12O/c1-12-7-5-6-10-14(12)16(18)11-15(17)13-8-3-2-4-9-13;1-7-5-3-4-6-9(7)8(2)10;8-6-7-4-2-1-3-5-7/h5-7,10,13,15,17H,2-4,8-9,11H2,1H3;3-6H,1-2H3;6-7H,1-5H2. The van der Waals surface area contributed by atoms with Crippen molar-refractivity contribution in [3.63, 3.8) is 0 Å². The van der Waals surface area contributed by atoms with E-state index in [0.29, 0.717) is 11.8 Å². The lowest BCUT2D eigenvalue weighted by atomic mass is 9.83. The number of hydrogen-bond donors (Lipinski definition) is 1. The molecule has 4 rings (SSSR count). The average Bonchev–Trinajstić information content (AvgIpc) is 2.90. The van der Waals surface area contributed by atoms with Crippen molar-refractivity contribution in [2.75, 3.05) is 0 Å². The topological polar surface area (TPSA) is 71.4 Å². The van der Waals surface area contributed by atoms with E-state index in [0.717, 1.165) is 54.2 Å². The molecule has 2 saturated carbocycles. The number of aliphatic hydroxyl groups is 1. The fraction of sp³-hybridized carbons (Fsp3) is 0.531. The van der Waals surface area contributed by atoms with Gasteiger partial charge in [-0.2, -0.15) is 0 Å². The third kappa shape index (κ3) is 10.2. The summed E-state index contributed by atoms with van der Waals surface area (Å²) < 4.78 is 0. The summed E-state index contributed by atoms with van der Waals surface area (Å²) in [5.41, 5.74) is 3.63. The summed E-state index contributed by atoms with van der Waals surface area (Å²) in [5, 5.41) is 10.2. The highest BCUT2D eigenvalue weighted by molar-refractivity contribution is 5.97. The number of aliphatic hydroxyl groups excluding tert-OH is 1. The van der Waals surface area contributed by atoms with Crippen LogP contribution in [0.15, 0.2) is 48.5 Å². The molecule has 2 aliphatic rings. The first-order valence-electron chi connectivity index (χ1n) is 13.6. The summed E-state index contributed by atoms with van der Waals surface area (Å²) in [7, 11) is 0. The van der Waals surface area contributed by atoms with Gasteiger partial charge in [0.25, 0.3) is 0 Å². The molecule has 2 aromatic carbocycles. The van der Waals surface area contributed by atoms with Crippen molar-refractivity contribution in [1.29, 1.82) is 0 Å². The van der Waals surface area contributed by atoms with Gasteiger partial charge in [0.1, 0.15) is 6.29 Å². The molecule has 0 aliphatic heterocycles. The van der Waals surface area contributed by atoms with Crippen molar-refractivity contribution in [1.82, 2.24) is 0 Å². The highest BCUT2D eigenvalue weighted by Crippen LogP contribution is 2.28. The van der Waals surface area contributed by atoms with Crippen LogP contribution in [0.4, 0.5) is 0 Å². The van der Waals surface area contributed by atoms with E-state index in [9.17, 15) is 19.5 Å². The van der Waals surface area contributed by atoms with E-state index in [-0.39, 0.29) is 18.0 Å². The number of ketones is 2. The highest BCUT2D eigenvalue weighted by Gasteiger charge is 2.24. The molecule has 2 fully saturated rings. The first-order valence-corrected chi connectivity index (χ1v) is 13.6. The molecule has 2 aliphatic carbocycles. The molecular weight excluding hydrogens is 448 g/mol. The second-order valence-corrected chi connectivity index (χ2v) is 10.3. The summed E-state index contributed by atoms with van der Waals surface area (Å²) in [4.78, 5) is 33.2. The molecule has 0 bridgehead atoms. The Kier molecular flexibility index (Phi) is 13.3. The third-order valence-electron chi connectivity index (χ3n) is 7.40. The molecule has 4 heteroatoms. The number of rotatable bonds is 6. The van der Waals surface area contributed by atoms with E-state index in [1.54, 1.807) is 6.92 Å². The maximum atomic E-state index is 12.2. The normalized spacial score (nSPS) is 17.0. The molecule has 196 valence electrons. The van der Waals surface area contributed by atoms with Crippen molar-refractivity contribution < 1.29 is 19.5 Å².